The van der Waals surface area contributed by atoms with E-state index < -0.39 is 36.9 Å². The molecule has 9 heteroatoms. The Hall–Kier alpha value is -1.74. The molecule has 0 amide bonds. The van der Waals surface area contributed by atoms with Gasteiger partial charge in [0.25, 0.3) is 5.69 Å². The fourth-order valence-corrected chi connectivity index (χ4v) is 3.38. The van der Waals surface area contributed by atoms with E-state index in [1.54, 1.807) is 27.7 Å². The molecule has 0 aliphatic carbocycles. The first-order valence-corrected chi connectivity index (χ1v) is 7.72. The third-order valence-electron chi connectivity index (χ3n) is 2.32. The molecule has 21 heavy (non-hydrogen) atoms. The molecule has 0 spiro atoms. The van der Waals surface area contributed by atoms with Crippen molar-refractivity contribution in [3.05, 3.63) is 28.1 Å². The Bertz CT molecular complexity index is 653. The summed E-state index contributed by atoms with van der Waals surface area (Å²) in [4.78, 5) is 9.34. The van der Waals surface area contributed by atoms with Gasteiger partial charge in [-0.05, 0) is 27.7 Å². The molecule has 1 aromatic rings. The van der Waals surface area contributed by atoms with Crippen LogP contribution < -0.4 is 10.0 Å². The predicted molar refractivity (Wildman–Crippen MR) is 77.3 cm³/mol. The average molecular weight is 319 g/mol. The molecule has 1 rings (SSSR count). The van der Waals surface area contributed by atoms with Crippen molar-refractivity contribution in [2.24, 2.45) is 0 Å². The number of hydrogen-bond acceptors (Lipinski definition) is 5. The number of nitro benzene ring substituents is 1. The van der Waals surface area contributed by atoms with Gasteiger partial charge in [0.15, 0.2) is 5.82 Å². The highest BCUT2D eigenvalue weighted by atomic mass is 32.2. The molecule has 7 nitrogen and oxygen atoms in total. The van der Waals surface area contributed by atoms with Crippen LogP contribution in [0.2, 0.25) is 0 Å². The molecule has 1 aromatic carbocycles. The molecule has 0 unspecified atom stereocenters. The van der Waals surface area contributed by atoms with Gasteiger partial charge in [-0.2, -0.15) is 0 Å². The lowest BCUT2D eigenvalue weighted by atomic mass is 10.1. The fourth-order valence-electron chi connectivity index (χ4n) is 1.73. The Labute approximate surface area is 122 Å². The van der Waals surface area contributed by atoms with E-state index in [0.717, 1.165) is 6.07 Å². The van der Waals surface area contributed by atoms with Gasteiger partial charge >= 0.3 is 0 Å². The molecule has 0 atom stereocenters. The second kappa shape index (κ2) is 5.94. The Morgan fingerprint density at radius 3 is 2.33 bits per heavy atom. The summed E-state index contributed by atoms with van der Waals surface area (Å²) in [6, 6.07) is 1.60. The summed E-state index contributed by atoms with van der Waals surface area (Å²) in [5.41, 5.74) is -1.46. The van der Waals surface area contributed by atoms with Gasteiger partial charge in [-0.25, -0.2) is 17.5 Å². The normalized spacial score (nSPS) is 12.2. The monoisotopic (exact) mass is 319 g/mol. The zero-order chi connectivity index (χ0) is 16.4. The minimum Gasteiger partial charge on any atom is -0.384 e. The molecular formula is C12H18FN3O4S. The van der Waals surface area contributed by atoms with Crippen LogP contribution in [0.3, 0.4) is 0 Å². The van der Waals surface area contributed by atoms with Crippen molar-refractivity contribution in [1.82, 2.24) is 4.72 Å². The summed E-state index contributed by atoms with van der Waals surface area (Å²) in [6.45, 7) is 6.80. The Balaban J connectivity index is 3.51. The number of benzene rings is 1. The van der Waals surface area contributed by atoms with Gasteiger partial charge in [-0.1, -0.05) is 0 Å². The van der Waals surface area contributed by atoms with Crippen molar-refractivity contribution in [3.63, 3.8) is 0 Å². The number of nitrogens with one attached hydrogen (secondary N) is 2. The maximum Gasteiger partial charge on any atom is 0.274 e. The van der Waals surface area contributed by atoms with E-state index in [1.165, 1.54) is 0 Å². The molecule has 0 saturated carbocycles. The third kappa shape index (κ3) is 4.36. The number of halogens is 1. The molecule has 0 aliphatic rings. The van der Waals surface area contributed by atoms with Crippen LogP contribution in [0.1, 0.15) is 27.7 Å². The SMILES string of the molecule is CCNc1cc([N+](=O)[O-])cc(F)c1S(=O)(=O)NC(C)(C)C. The molecule has 118 valence electrons. The lowest BCUT2D eigenvalue weighted by molar-refractivity contribution is -0.385. The smallest absolute Gasteiger partial charge is 0.274 e. The summed E-state index contributed by atoms with van der Waals surface area (Å²) in [7, 11) is -4.15. The zero-order valence-corrected chi connectivity index (χ0v) is 13.0. The van der Waals surface area contributed by atoms with Gasteiger partial charge in [-0.3, -0.25) is 10.1 Å². The summed E-state index contributed by atoms with van der Waals surface area (Å²) < 4.78 is 41.0. The van der Waals surface area contributed by atoms with Gasteiger partial charge in [-0.15, -0.1) is 0 Å². The van der Waals surface area contributed by atoms with Crippen molar-refractivity contribution in [3.8, 4) is 0 Å². The zero-order valence-electron chi connectivity index (χ0n) is 12.2. The highest BCUT2D eigenvalue weighted by Gasteiger charge is 2.30. The number of nitrogens with zero attached hydrogens (tertiary/aromatic N) is 1. The van der Waals surface area contributed by atoms with Crippen LogP contribution in [0.15, 0.2) is 17.0 Å². The van der Waals surface area contributed by atoms with Gasteiger partial charge in [0.2, 0.25) is 10.0 Å². The van der Waals surface area contributed by atoms with Crippen LogP contribution in [-0.2, 0) is 10.0 Å². The average Bonchev–Trinajstić information content (AvgIpc) is 2.24. The lowest BCUT2D eigenvalue weighted by Crippen LogP contribution is -2.41. The van der Waals surface area contributed by atoms with Gasteiger partial charge < -0.3 is 5.32 Å². The van der Waals surface area contributed by atoms with E-state index in [4.69, 9.17) is 0 Å². The minimum absolute atomic E-state index is 0.138. The van der Waals surface area contributed by atoms with Crippen LogP contribution >= 0.6 is 0 Å². The van der Waals surface area contributed by atoms with Crippen molar-refractivity contribution < 1.29 is 17.7 Å². The highest BCUT2D eigenvalue weighted by molar-refractivity contribution is 7.89. The van der Waals surface area contributed by atoms with E-state index in [-0.39, 0.29) is 5.69 Å². The first-order valence-electron chi connectivity index (χ1n) is 6.23. The summed E-state index contributed by atoms with van der Waals surface area (Å²) in [6.07, 6.45) is 0. The highest BCUT2D eigenvalue weighted by Crippen LogP contribution is 2.30. The second-order valence-electron chi connectivity index (χ2n) is 5.45. The van der Waals surface area contributed by atoms with Crippen molar-refractivity contribution >= 4 is 21.4 Å². The summed E-state index contributed by atoms with van der Waals surface area (Å²) in [5.74, 6) is -1.17. The molecule has 0 heterocycles. The van der Waals surface area contributed by atoms with Crippen molar-refractivity contribution in [2.45, 2.75) is 38.1 Å². The van der Waals surface area contributed by atoms with Crippen LogP contribution in [-0.4, -0.2) is 25.4 Å². The van der Waals surface area contributed by atoms with Crippen LogP contribution in [0.25, 0.3) is 0 Å². The number of anilines is 1. The number of rotatable bonds is 5. The van der Waals surface area contributed by atoms with Gasteiger partial charge in [0, 0.05) is 18.2 Å². The first kappa shape index (κ1) is 17.3. The molecule has 0 fully saturated rings. The standard InChI is InChI=1S/C12H18FN3O4S/c1-5-14-10-7-8(16(17)18)6-9(13)11(10)21(19,20)15-12(2,3)4/h6-7,14-15H,5H2,1-4H3. The second-order valence-corrected chi connectivity index (χ2v) is 7.07. The number of hydrogen-bond donors (Lipinski definition) is 2. The quantitative estimate of drug-likeness (QED) is 0.640. The predicted octanol–water partition coefficient (Wildman–Crippen LogP) is 2.24. The third-order valence-corrected chi connectivity index (χ3v) is 4.15. The van der Waals surface area contributed by atoms with E-state index in [1.807, 2.05) is 0 Å². The van der Waals surface area contributed by atoms with Gasteiger partial charge in [0.05, 0.1) is 16.7 Å². The van der Waals surface area contributed by atoms with Crippen LogP contribution in [0.4, 0.5) is 15.8 Å². The molecule has 0 aromatic heterocycles. The van der Waals surface area contributed by atoms with Crippen LogP contribution in [0, 0.1) is 15.9 Å². The molecular weight excluding hydrogens is 301 g/mol. The van der Waals surface area contributed by atoms with Crippen molar-refractivity contribution in [1.29, 1.82) is 0 Å². The molecule has 0 saturated heterocycles. The van der Waals surface area contributed by atoms with Crippen LogP contribution in [0.5, 0.6) is 0 Å². The summed E-state index contributed by atoms with van der Waals surface area (Å²) in [5, 5.41) is 13.4. The molecule has 0 radical (unpaired) electrons. The topological polar surface area (TPSA) is 101 Å². The van der Waals surface area contributed by atoms with E-state index >= 15 is 0 Å². The number of non-ortho nitro benzene ring substituents is 1. The Kier molecular flexibility index (Phi) is 4.90. The van der Waals surface area contributed by atoms with Gasteiger partial charge in [0.1, 0.15) is 4.90 Å². The van der Waals surface area contributed by atoms with E-state index in [9.17, 15) is 22.9 Å². The maximum absolute atomic E-state index is 14.1. The minimum atomic E-state index is -4.15. The molecule has 2 N–H and O–H groups in total. The largest absolute Gasteiger partial charge is 0.384 e. The number of sulfonamides is 1. The fraction of sp³-hybridized carbons (Fsp3) is 0.500. The first-order chi connectivity index (χ1) is 9.48. The summed E-state index contributed by atoms with van der Waals surface area (Å²) >= 11 is 0. The molecule has 0 bridgehead atoms. The van der Waals surface area contributed by atoms with E-state index in [2.05, 4.69) is 10.0 Å². The Morgan fingerprint density at radius 2 is 1.90 bits per heavy atom. The maximum atomic E-state index is 14.1. The molecule has 0 aliphatic heterocycles. The Morgan fingerprint density at radius 1 is 1.33 bits per heavy atom. The number of nitro groups is 1. The van der Waals surface area contributed by atoms with Crippen molar-refractivity contribution in [2.75, 3.05) is 11.9 Å². The lowest BCUT2D eigenvalue weighted by Gasteiger charge is -2.22. The van der Waals surface area contributed by atoms with E-state index in [0.29, 0.717) is 12.6 Å².